The number of rotatable bonds is 1. The lowest BCUT2D eigenvalue weighted by atomic mass is 9.65. The first-order valence-corrected chi connectivity index (χ1v) is 5.24. The Morgan fingerprint density at radius 2 is 1.87 bits per heavy atom. The fourth-order valence-electron chi connectivity index (χ4n) is 2.34. The van der Waals surface area contributed by atoms with Crippen LogP contribution in [0.5, 0.6) is 0 Å². The second-order valence-corrected chi connectivity index (χ2v) is 4.50. The largest absolute Gasteiger partial charge is 0.315 e. The van der Waals surface area contributed by atoms with Crippen molar-refractivity contribution in [3.63, 3.8) is 0 Å². The number of benzene rings is 1. The molecule has 3 rings (SSSR count). The molecule has 2 nitrogen and oxygen atoms in total. The molecule has 1 aromatic rings. The maximum Gasteiger partial charge on any atom is 0.0991 e. The Balaban J connectivity index is 1.84. The molecule has 1 aromatic carbocycles. The van der Waals surface area contributed by atoms with Crippen molar-refractivity contribution in [3.05, 3.63) is 41.5 Å². The van der Waals surface area contributed by atoms with Gasteiger partial charge in [-0.1, -0.05) is 18.2 Å². The summed E-state index contributed by atoms with van der Waals surface area (Å²) in [6, 6.07) is 10.0. The van der Waals surface area contributed by atoms with Crippen LogP contribution in [0.25, 0.3) is 5.57 Å². The van der Waals surface area contributed by atoms with E-state index >= 15 is 0 Å². The Morgan fingerprint density at radius 3 is 2.33 bits per heavy atom. The van der Waals surface area contributed by atoms with E-state index in [0.29, 0.717) is 5.41 Å². The van der Waals surface area contributed by atoms with Crippen LogP contribution in [-0.4, -0.2) is 13.1 Å². The van der Waals surface area contributed by atoms with Gasteiger partial charge in [0.2, 0.25) is 0 Å². The van der Waals surface area contributed by atoms with Crippen LogP contribution in [0, 0.1) is 16.7 Å². The molecule has 1 heterocycles. The molecule has 0 saturated carbocycles. The standard InChI is InChI=1S/C13H12N2/c14-7-10-1-3-11(4-2-10)12-5-13(6-12)8-15-9-13/h1-5,15H,6,8-9H2. The Labute approximate surface area is 89.2 Å². The molecule has 1 aliphatic heterocycles. The molecule has 2 heteroatoms. The molecule has 2 aliphatic rings. The average Bonchev–Trinajstić information content (AvgIpc) is 2.14. The average molecular weight is 196 g/mol. The van der Waals surface area contributed by atoms with E-state index in [4.69, 9.17) is 5.26 Å². The highest BCUT2D eigenvalue weighted by atomic mass is 15.0. The molecule has 1 aliphatic carbocycles. The van der Waals surface area contributed by atoms with E-state index < -0.39 is 0 Å². The second-order valence-electron chi connectivity index (χ2n) is 4.50. The molecule has 1 N–H and O–H groups in total. The zero-order valence-corrected chi connectivity index (χ0v) is 8.46. The molecule has 0 radical (unpaired) electrons. The van der Waals surface area contributed by atoms with Crippen molar-refractivity contribution in [3.8, 4) is 6.07 Å². The van der Waals surface area contributed by atoms with E-state index in [9.17, 15) is 0 Å². The molecule has 1 spiro atoms. The summed E-state index contributed by atoms with van der Waals surface area (Å²) >= 11 is 0. The summed E-state index contributed by atoms with van der Waals surface area (Å²) in [5.41, 5.74) is 3.91. The van der Waals surface area contributed by atoms with Crippen molar-refractivity contribution in [2.75, 3.05) is 13.1 Å². The second kappa shape index (κ2) is 2.95. The first-order valence-electron chi connectivity index (χ1n) is 5.24. The Hall–Kier alpha value is -1.59. The lowest BCUT2D eigenvalue weighted by molar-refractivity contribution is 0.225. The predicted octanol–water partition coefficient (Wildman–Crippen LogP) is 1.93. The van der Waals surface area contributed by atoms with Crippen LogP contribution >= 0.6 is 0 Å². The lowest BCUT2D eigenvalue weighted by Gasteiger charge is -2.48. The minimum atomic E-state index is 0.475. The molecule has 0 unspecified atom stereocenters. The molecule has 0 amide bonds. The van der Waals surface area contributed by atoms with Crippen molar-refractivity contribution in [1.82, 2.24) is 5.32 Å². The lowest BCUT2D eigenvalue weighted by Crippen LogP contribution is -2.55. The highest BCUT2D eigenvalue weighted by Gasteiger charge is 2.41. The zero-order valence-electron chi connectivity index (χ0n) is 8.46. The minimum absolute atomic E-state index is 0.475. The van der Waals surface area contributed by atoms with Gasteiger partial charge in [-0.25, -0.2) is 0 Å². The molecule has 1 saturated heterocycles. The fourth-order valence-corrected chi connectivity index (χ4v) is 2.34. The summed E-state index contributed by atoms with van der Waals surface area (Å²) in [5.74, 6) is 0. The van der Waals surface area contributed by atoms with Gasteiger partial charge >= 0.3 is 0 Å². The molecular formula is C13H12N2. The smallest absolute Gasteiger partial charge is 0.0991 e. The first-order chi connectivity index (χ1) is 7.31. The van der Waals surface area contributed by atoms with Gasteiger partial charge in [0.1, 0.15) is 0 Å². The van der Waals surface area contributed by atoms with Crippen LogP contribution in [0.2, 0.25) is 0 Å². The molecular weight excluding hydrogens is 184 g/mol. The Bertz CT molecular complexity index is 458. The highest BCUT2D eigenvalue weighted by molar-refractivity contribution is 5.73. The van der Waals surface area contributed by atoms with E-state index in [2.05, 4.69) is 17.5 Å². The fraction of sp³-hybridized carbons (Fsp3) is 0.308. The molecule has 15 heavy (non-hydrogen) atoms. The Morgan fingerprint density at radius 1 is 1.20 bits per heavy atom. The third kappa shape index (κ3) is 1.28. The van der Waals surface area contributed by atoms with Crippen LogP contribution in [0.15, 0.2) is 30.3 Å². The van der Waals surface area contributed by atoms with Crippen LogP contribution in [0.3, 0.4) is 0 Å². The molecule has 0 aromatic heterocycles. The van der Waals surface area contributed by atoms with Gasteiger partial charge in [-0.15, -0.1) is 0 Å². The molecule has 0 atom stereocenters. The highest BCUT2D eigenvalue weighted by Crippen LogP contribution is 2.46. The summed E-state index contributed by atoms with van der Waals surface area (Å²) in [4.78, 5) is 0. The number of hydrogen-bond acceptors (Lipinski definition) is 2. The van der Waals surface area contributed by atoms with Crippen molar-refractivity contribution < 1.29 is 0 Å². The van der Waals surface area contributed by atoms with Crippen molar-refractivity contribution in [1.29, 1.82) is 5.26 Å². The number of nitriles is 1. The first kappa shape index (κ1) is 8.70. The van der Waals surface area contributed by atoms with E-state index in [1.54, 1.807) is 0 Å². The maximum atomic E-state index is 8.70. The van der Waals surface area contributed by atoms with Gasteiger partial charge in [0.05, 0.1) is 11.6 Å². The van der Waals surface area contributed by atoms with Gasteiger partial charge in [0.25, 0.3) is 0 Å². The summed E-state index contributed by atoms with van der Waals surface area (Å²) in [6.07, 6.45) is 3.57. The quantitative estimate of drug-likeness (QED) is 0.745. The van der Waals surface area contributed by atoms with Crippen LogP contribution in [-0.2, 0) is 0 Å². The van der Waals surface area contributed by atoms with Gasteiger partial charge in [-0.2, -0.15) is 5.26 Å². The van der Waals surface area contributed by atoms with E-state index in [0.717, 1.165) is 18.7 Å². The minimum Gasteiger partial charge on any atom is -0.315 e. The molecule has 74 valence electrons. The summed E-state index contributed by atoms with van der Waals surface area (Å²) in [6.45, 7) is 2.26. The maximum absolute atomic E-state index is 8.70. The summed E-state index contributed by atoms with van der Waals surface area (Å²) < 4.78 is 0. The van der Waals surface area contributed by atoms with Crippen molar-refractivity contribution in [2.24, 2.45) is 5.41 Å². The normalized spacial score (nSPS) is 21.1. The molecule has 1 fully saturated rings. The van der Waals surface area contributed by atoms with Gasteiger partial charge in [0, 0.05) is 18.5 Å². The van der Waals surface area contributed by atoms with Gasteiger partial charge in [0.15, 0.2) is 0 Å². The Kier molecular flexibility index (Phi) is 1.71. The number of allylic oxidation sites excluding steroid dienone is 1. The third-order valence-electron chi connectivity index (χ3n) is 3.36. The van der Waals surface area contributed by atoms with E-state index in [-0.39, 0.29) is 0 Å². The van der Waals surface area contributed by atoms with Crippen LogP contribution < -0.4 is 5.32 Å². The SMILES string of the molecule is N#Cc1ccc(C2=CC3(CNC3)C2)cc1. The van der Waals surface area contributed by atoms with E-state index in [1.165, 1.54) is 17.6 Å². The van der Waals surface area contributed by atoms with Gasteiger partial charge in [-0.05, 0) is 29.7 Å². The number of nitrogens with one attached hydrogen (secondary N) is 1. The zero-order chi connectivity index (χ0) is 10.3. The van der Waals surface area contributed by atoms with Gasteiger partial charge < -0.3 is 5.32 Å². The summed E-state index contributed by atoms with van der Waals surface area (Å²) in [7, 11) is 0. The number of hydrogen-bond donors (Lipinski definition) is 1. The van der Waals surface area contributed by atoms with E-state index in [1.807, 2.05) is 24.3 Å². The topological polar surface area (TPSA) is 35.8 Å². The number of nitrogens with zero attached hydrogens (tertiary/aromatic N) is 1. The van der Waals surface area contributed by atoms with Crippen molar-refractivity contribution >= 4 is 5.57 Å². The monoisotopic (exact) mass is 196 g/mol. The third-order valence-corrected chi connectivity index (χ3v) is 3.36. The predicted molar refractivity (Wildman–Crippen MR) is 59.1 cm³/mol. The van der Waals surface area contributed by atoms with Gasteiger partial charge in [-0.3, -0.25) is 0 Å². The summed E-state index contributed by atoms with van der Waals surface area (Å²) in [5, 5.41) is 12.0. The van der Waals surface area contributed by atoms with Crippen LogP contribution in [0.1, 0.15) is 17.5 Å². The van der Waals surface area contributed by atoms with Crippen molar-refractivity contribution in [2.45, 2.75) is 6.42 Å². The van der Waals surface area contributed by atoms with Crippen LogP contribution in [0.4, 0.5) is 0 Å². The molecule has 0 bridgehead atoms.